The lowest BCUT2D eigenvalue weighted by Gasteiger charge is -2.21. The van der Waals surface area contributed by atoms with Gasteiger partial charge >= 0.3 is 0 Å². The van der Waals surface area contributed by atoms with Gasteiger partial charge in [-0.3, -0.25) is 4.79 Å². The fourth-order valence-electron chi connectivity index (χ4n) is 2.69. The van der Waals surface area contributed by atoms with Crippen LogP contribution in [0.4, 0.5) is 0 Å². The quantitative estimate of drug-likeness (QED) is 0.933. The second-order valence-corrected chi connectivity index (χ2v) is 5.70. The van der Waals surface area contributed by atoms with Crippen molar-refractivity contribution in [1.29, 1.82) is 0 Å². The van der Waals surface area contributed by atoms with Crippen LogP contribution in [0, 0.1) is 13.8 Å². The van der Waals surface area contributed by atoms with Crippen molar-refractivity contribution in [3.05, 3.63) is 57.4 Å². The second kappa shape index (κ2) is 6.27. The van der Waals surface area contributed by atoms with Gasteiger partial charge in [-0.25, -0.2) is 0 Å². The Morgan fingerprint density at radius 1 is 1.19 bits per heavy atom. The largest absolute Gasteiger partial charge is 0.326 e. The minimum Gasteiger partial charge on any atom is -0.326 e. The average molecular weight is 284 g/mol. The van der Waals surface area contributed by atoms with E-state index in [1.54, 1.807) is 0 Å². The van der Waals surface area contributed by atoms with E-state index in [1.807, 2.05) is 16.7 Å². The SMILES string of the molecule is CCC(C)n1c(-c2ccc(C)cc2C)ccc(CN)c1=O. The predicted molar refractivity (Wildman–Crippen MR) is 88.5 cm³/mol. The molecule has 1 unspecified atom stereocenters. The Hall–Kier alpha value is -1.87. The van der Waals surface area contributed by atoms with Crippen molar-refractivity contribution >= 4 is 0 Å². The van der Waals surface area contributed by atoms with Gasteiger partial charge in [-0.1, -0.05) is 36.8 Å². The maximum atomic E-state index is 12.7. The van der Waals surface area contributed by atoms with Crippen molar-refractivity contribution in [2.75, 3.05) is 0 Å². The van der Waals surface area contributed by atoms with Crippen LogP contribution in [-0.4, -0.2) is 4.57 Å². The Kier molecular flexibility index (Phi) is 4.63. The number of hydrogen-bond donors (Lipinski definition) is 1. The van der Waals surface area contributed by atoms with Gasteiger partial charge in [0.1, 0.15) is 0 Å². The highest BCUT2D eigenvalue weighted by molar-refractivity contribution is 5.64. The van der Waals surface area contributed by atoms with Gasteiger partial charge < -0.3 is 10.3 Å². The topological polar surface area (TPSA) is 48.0 Å². The highest BCUT2D eigenvalue weighted by Gasteiger charge is 2.15. The van der Waals surface area contributed by atoms with Crippen LogP contribution in [0.3, 0.4) is 0 Å². The van der Waals surface area contributed by atoms with Crippen molar-refractivity contribution in [2.45, 2.75) is 46.7 Å². The third kappa shape index (κ3) is 2.93. The molecule has 2 rings (SSSR count). The summed E-state index contributed by atoms with van der Waals surface area (Å²) in [5.74, 6) is 0. The Morgan fingerprint density at radius 2 is 1.90 bits per heavy atom. The number of rotatable bonds is 4. The molecule has 0 bridgehead atoms. The molecule has 0 aliphatic heterocycles. The van der Waals surface area contributed by atoms with Crippen LogP contribution in [0.15, 0.2) is 35.1 Å². The minimum atomic E-state index is 0.0318. The number of nitrogens with two attached hydrogens (primary N) is 1. The van der Waals surface area contributed by atoms with E-state index in [1.165, 1.54) is 11.1 Å². The zero-order chi connectivity index (χ0) is 15.6. The molecular weight excluding hydrogens is 260 g/mol. The molecule has 0 aliphatic rings. The third-order valence-electron chi connectivity index (χ3n) is 4.10. The monoisotopic (exact) mass is 284 g/mol. The highest BCUT2D eigenvalue weighted by Crippen LogP contribution is 2.26. The summed E-state index contributed by atoms with van der Waals surface area (Å²) >= 11 is 0. The van der Waals surface area contributed by atoms with Gasteiger partial charge in [0.05, 0.1) is 5.69 Å². The van der Waals surface area contributed by atoms with Crippen LogP contribution in [-0.2, 0) is 6.54 Å². The first-order valence-corrected chi connectivity index (χ1v) is 7.51. The summed E-state index contributed by atoms with van der Waals surface area (Å²) in [6, 6.07) is 10.4. The van der Waals surface area contributed by atoms with E-state index in [-0.39, 0.29) is 18.1 Å². The van der Waals surface area contributed by atoms with Crippen LogP contribution in [0.25, 0.3) is 11.3 Å². The summed E-state index contributed by atoms with van der Waals surface area (Å²) in [5, 5.41) is 0. The van der Waals surface area contributed by atoms with Crippen LogP contribution >= 0.6 is 0 Å². The van der Waals surface area contributed by atoms with Crippen LogP contribution < -0.4 is 11.3 Å². The van der Waals surface area contributed by atoms with E-state index >= 15 is 0 Å². The van der Waals surface area contributed by atoms with Gasteiger partial charge in [0.25, 0.3) is 5.56 Å². The number of aryl methyl sites for hydroxylation is 2. The molecular formula is C18H24N2O. The standard InChI is InChI=1S/C18H24N2O/c1-5-14(4)20-17(9-7-15(11-19)18(20)21)16-8-6-12(2)10-13(16)3/h6-10,14H,5,11,19H2,1-4H3. The van der Waals surface area contributed by atoms with Crippen LogP contribution in [0.5, 0.6) is 0 Å². The molecule has 1 atom stereocenters. The molecule has 0 saturated heterocycles. The summed E-state index contributed by atoms with van der Waals surface area (Å²) in [6.45, 7) is 8.62. The molecule has 1 aromatic heterocycles. The molecule has 0 saturated carbocycles. The number of benzene rings is 1. The second-order valence-electron chi connectivity index (χ2n) is 5.70. The van der Waals surface area contributed by atoms with Gasteiger partial charge in [0.15, 0.2) is 0 Å². The fourth-order valence-corrected chi connectivity index (χ4v) is 2.69. The lowest BCUT2D eigenvalue weighted by atomic mass is 10.0. The van der Waals surface area contributed by atoms with E-state index in [2.05, 4.69) is 45.9 Å². The molecule has 0 spiro atoms. The Balaban J connectivity index is 2.74. The summed E-state index contributed by atoms with van der Waals surface area (Å²) in [6.07, 6.45) is 0.909. The average Bonchev–Trinajstić information content (AvgIpc) is 2.46. The number of nitrogens with zero attached hydrogens (tertiary/aromatic N) is 1. The predicted octanol–water partition coefficient (Wildman–Crippen LogP) is 3.56. The molecule has 2 N–H and O–H groups in total. The lowest BCUT2D eigenvalue weighted by molar-refractivity contribution is 0.516. The van der Waals surface area contributed by atoms with Crippen molar-refractivity contribution in [3.8, 4) is 11.3 Å². The number of hydrogen-bond acceptors (Lipinski definition) is 2. The van der Waals surface area contributed by atoms with E-state index in [0.717, 1.165) is 17.7 Å². The normalized spacial score (nSPS) is 12.4. The zero-order valence-corrected chi connectivity index (χ0v) is 13.3. The highest BCUT2D eigenvalue weighted by atomic mass is 16.1. The Morgan fingerprint density at radius 3 is 2.48 bits per heavy atom. The molecule has 3 heteroatoms. The summed E-state index contributed by atoms with van der Waals surface area (Å²) in [4.78, 5) is 12.7. The van der Waals surface area contributed by atoms with Crippen molar-refractivity contribution < 1.29 is 0 Å². The molecule has 0 radical (unpaired) electrons. The van der Waals surface area contributed by atoms with Crippen molar-refractivity contribution in [2.24, 2.45) is 5.73 Å². The van der Waals surface area contributed by atoms with Gasteiger partial charge in [-0.05, 0) is 38.8 Å². The first-order valence-electron chi connectivity index (χ1n) is 7.51. The first kappa shape index (κ1) is 15.5. The van der Waals surface area contributed by atoms with E-state index in [9.17, 15) is 4.79 Å². The van der Waals surface area contributed by atoms with Gasteiger partial charge in [-0.2, -0.15) is 0 Å². The maximum Gasteiger partial charge on any atom is 0.255 e. The van der Waals surface area contributed by atoms with Gasteiger partial charge in [-0.15, -0.1) is 0 Å². The Bertz CT molecular complexity index is 701. The van der Waals surface area contributed by atoms with Gasteiger partial charge in [0.2, 0.25) is 0 Å². The molecule has 1 heterocycles. The molecule has 0 aliphatic carbocycles. The van der Waals surface area contributed by atoms with Gasteiger partial charge in [0, 0.05) is 23.7 Å². The molecule has 112 valence electrons. The number of aromatic nitrogens is 1. The van der Waals surface area contributed by atoms with E-state index in [0.29, 0.717) is 5.56 Å². The van der Waals surface area contributed by atoms with E-state index in [4.69, 9.17) is 5.73 Å². The van der Waals surface area contributed by atoms with Crippen LogP contribution in [0.1, 0.15) is 43.0 Å². The molecule has 1 aromatic carbocycles. The lowest BCUT2D eigenvalue weighted by Crippen LogP contribution is -2.28. The smallest absolute Gasteiger partial charge is 0.255 e. The summed E-state index contributed by atoms with van der Waals surface area (Å²) < 4.78 is 1.89. The number of pyridine rings is 1. The molecule has 21 heavy (non-hydrogen) atoms. The molecule has 3 nitrogen and oxygen atoms in total. The fraction of sp³-hybridized carbons (Fsp3) is 0.389. The van der Waals surface area contributed by atoms with Crippen LogP contribution in [0.2, 0.25) is 0 Å². The third-order valence-corrected chi connectivity index (χ3v) is 4.10. The minimum absolute atomic E-state index is 0.0318. The molecule has 2 aromatic rings. The van der Waals surface area contributed by atoms with E-state index < -0.39 is 0 Å². The van der Waals surface area contributed by atoms with Crippen molar-refractivity contribution in [3.63, 3.8) is 0 Å². The summed E-state index contributed by atoms with van der Waals surface area (Å²) in [5.41, 5.74) is 10.9. The molecule has 0 amide bonds. The maximum absolute atomic E-state index is 12.7. The Labute approximate surface area is 126 Å². The molecule has 0 fully saturated rings. The zero-order valence-electron chi connectivity index (χ0n) is 13.3. The first-order chi connectivity index (χ1) is 9.99. The van der Waals surface area contributed by atoms with Crippen molar-refractivity contribution in [1.82, 2.24) is 4.57 Å². The summed E-state index contributed by atoms with van der Waals surface area (Å²) in [7, 11) is 0.